The molecule has 0 amide bonds. The largest absolute Gasteiger partial charge is 0.490 e. The molecule has 3 fully saturated rings. The number of hydrogen-bond donors (Lipinski definition) is 2. The standard InChI is InChI=1S/C23H25ClN6O2S.C15H13Cl2N5.C14H24BNO4S.C2H4Cl2/c1-13-7-19-18(11-29(13)20-10-21(24)28-23-17(20)5-6-25-23)22(27-12-26-19)14-8-15-3-4-16(9-14)30(15)33(2,31)32;1-8-4-11-10(14(17)20-7-19-11)6-22(8)12-5-13(16)21-15-9(12)2-3-18-15;1-13(2)14(3,4)20-15(19-13)10-8-11-6-7-12(9-10)16(11)21(5,17)18;1-2(3)4/h5-6,8,10,12-13,15-16H,3-4,7,9,11H2,1-2H3,(H,25,28);2-3,5,7-8H,4,6H2,1H3,(H,18,21);8,11-12H,6-7,9H2,1-5H3;2H,1H3/t13-,15?,16?;8-;;/m11../s1. The average Bonchev–Trinajstić information content (AvgIpc) is 4.20. The number of anilines is 2. The first-order valence-electron chi connectivity index (χ1n) is 26.8. The zero-order valence-corrected chi connectivity index (χ0v) is 51.5. The summed E-state index contributed by atoms with van der Waals surface area (Å²) in [6, 6.07) is 8.33. The Balaban J connectivity index is 0.000000135. The van der Waals surface area contributed by atoms with Gasteiger partial charge >= 0.3 is 7.12 Å². The molecule has 428 valence electrons. The summed E-state index contributed by atoms with van der Waals surface area (Å²) >= 11 is 28.8. The fraction of sp³-hybridized carbons (Fsp3) is 0.519. The minimum Gasteiger partial charge on any atom is -0.400 e. The van der Waals surface area contributed by atoms with E-state index < -0.39 is 20.0 Å². The van der Waals surface area contributed by atoms with Crippen LogP contribution in [0.3, 0.4) is 0 Å². The van der Waals surface area contributed by atoms with Crippen LogP contribution in [-0.2, 0) is 55.3 Å². The number of aromatic nitrogens is 8. The van der Waals surface area contributed by atoms with Crippen molar-refractivity contribution in [3.8, 4) is 0 Å². The van der Waals surface area contributed by atoms with Crippen LogP contribution in [0.5, 0.6) is 0 Å². The molecular formula is C54H66BCl5N12O6S2. The summed E-state index contributed by atoms with van der Waals surface area (Å²) in [4.78, 5) is 37.2. The number of halogens is 5. The molecule has 0 radical (unpaired) electrons. The summed E-state index contributed by atoms with van der Waals surface area (Å²) in [5, 5.41) is 3.53. The molecule has 80 heavy (non-hydrogen) atoms. The Morgan fingerprint density at radius 3 is 1.61 bits per heavy atom. The highest BCUT2D eigenvalue weighted by Gasteiger charge is 2.54. The molecule has 26 heteroatoms. The lowest BCUT2D eigenvalue weighted by Gasteiger charge is -2.38. The minimum atomic E-state index is -3.23. The fourth-order valence-corrected chi connectivity index (χ4v) is 15.7. The van der Waals surface area contributed by atoms with E-state index in [1.54, 1.807) is 21.9 Å². The van der Waals surface area contributed by atoms with Crippen molar-refractivity contribution in [2.75, 3.05) is 22.3 Å². The second kappa shape index (κ2) is 22.8. The lowest BCUT2D eigenvalue weighted by atomic mass is 9.73. The van der Waals surface area contributed by atoms with Crippen molar-refractivity contribution in [2.45, 2.75) is 165 Å². The number of rotatable bonds is 6. The Kier molecular flexibility index (Phi) is 16.8. The third kappa shape index (κ3) is 12.0. The molecule has 7 aliphatic heterocycles. The van der Waals surface area contributed by atoms with Gasteiger partial charge < -0.3 is 29.1 Å². The average molecular weight is 1230 g/mol. The molecular weight excluding hydrogens is 1160 g/mol. The van der Waals surface area contributed by atoms with Crippen molar-refractivity contribution in [3.05, 3.63) is 111 Å². The summed E-state index contributed by atoms with van der Waals surface area (Å²) in [5.74, 6) is 0. The molecule has 3 saturated heterocycles. The molecule has 0 spiro atoms. The number of fused-ring (bicyclic) bond motifs is 8. The van der Waals surface area contributed by atoms with Gasteiger partial charge in [0.2, 0.25) is 20.0 Å². The molecule has 2 N–H and O–H groups in total. The number of hydrogen-bond acceptors (Lipinski definition) is 14. The third-order valence-corrected chi connectivity index (χ3v) is 20.0. The van der Waals surface area contributed by atoms with Crippen LogP contribution in [-0.4, -0.2) is 137 Å². The second-order valence-electron chi connectivity index (χ2n) is 22.7. The number of nitrogens with one attached hydrogen (secondary N) is 2. The maximum atomic E-state index is 12.3. The highest BCUT2D eigenvalue weighted by molar-refractivity contribution is 7.88. The highest BCUT2D eigenvalue weighted by Crippen LogP contribution is 2.45. The Morgan fingerprint density at radius 1 is 0.662 bits per heavy atom. The summed E-state index contributed by atoms with van der Waals surface area (Å²) in [5.41, 5.74) is 10.3. The van der Waals surface area contributed by atoms with Crippen molar-refractivity contribution >= 4 is 124 Å². The quantitative estimate of drug-likeness (QED) is 0.0688. The molecule has 6 aromatic rings. The maximum absolute atomic E-state index is 12.3. The lowest BCUT2D eigenvalue weighted by Crippen LogP contribution is -2.44. The summed E-state index contributed by atoms with van der Waals surface area (Å²) in [6.07, 6.45) is 20.3. The Bertz CT molecular complexity index is 3600. The van der Waals surface area contributed by atoms with Crippen LogP contribution in [0, 0.1) is 0 Å². The molecule has 13 heterocycles. The van der Waals surface area contributed by atoms with Gasteiger partial charge in [0.1, 0.15) is 44.2 Å². The first kappa shape index (κ1) is 59.0. The van der Waals surface area contributed by atoms with E-state index in [0.29, 0.717) is 41.4 Å². The minimum absolute atomic E-state index is 0.00715. The van der Waals surface area contributed by atoms with Gasteiger partial charge in [-0.2, -0.15) is 8.61 Å². The zero-order valence-electron chi connectivity index (χ0n) is 46.1. The van der Waals surface area contributed by atoms with Gasteiger partial charge in [-0.3, -0.25) is 0 Å². The van der Waals surface area contributed by atoms with Crippen LogP contribution in [0.2, 0.25) is 15.5 Å². The number of sulfonamides is 2. The Labute approximate surface area is 493 Å². The predicted octanol–water partition coefficient (Wildman–Crippen LogP) is 10.7. The van der Waals surface area contributed by atoms with Crippen molar-refractivity contribution in [1.29, 1.82) is 0 Å². The normalized spacial score (nSPS) is 25.0. The highest BCUT2D eigenvalue weighted by atomic mass is 35.5. The van der Waals surface area contributed by atoms with Crippen molar-refractivity contribution in [1.82, 2.24) is 48.5 Å². The second-order valence-corrected chi connectivity index (χ2v) is 29.2. The van der Waals surface area contributed by atoms with Crippen LogP contribution in [0.4, 0.5) is 11.4 Å². The molecule has 13 rings (SSSR count). The topological polar surface area (TPSA) is 209 Å². The summed E-state index contributed by atoms with van der Waals surface area (Å²) in [6.45, 7) is 15.5. The molecule has 4 bridgehead atoms. The zero-order chi connectivity index (χ0) is 57.4. The molecule has 0 aromatic carbocycles. The lowest BCUT2D eigenvalue weighted by molar-refractivity contribution is 0.00578. The molecule has 0 aliphatic carbocycles. The van der Waals surface area contributed by atoms with Crippen molar-refractivity contribution in [3.63, 3.8) is 0 Å². The Hall–Kier alpha value is -4.13. The van der Waals surface area contributed by atoms with E-state index in [4.69, 9.17) is 72.3 Å². The van der Waals surface area contributed by atoms with Gasteiger partial charge in [0.25, 0.3) is 0 Å². The molecule has 6 atom stereocenters. The predicted molar refractivity (Wildman–Crippen MR) is 320 cm³/mol. The summed E-state index contributed by atoms with van der Waals surface area (Å²) < 4.78 is 64.0. The number of H-pyrrole nitrogens is 2. The molecule has 18 nitrogen and oxygen atoms in total. The smallest absolute Gasteiger partial charge is 0.400 e. The van der Waals surface area contributed by atoms with Gasteiger partial charge in [-0.05, 0) is 122 Å². The van der Waals surface area contributed by atoms with E-state index in [0.717, 1.165) is 111 Å². The van der Waals surface area contributed by atoms with E-state index in [-0.39, 0.29) is 59.4 Å². The molecule has 4 unspecified atom stereocenters. The first-order chi connectivity index (χ1) is 37.7. The van der Waals surface area contributed by atoms with Gasteiger partial charge in [-0.15, -0.1) is 23.2 Å². The van der Waals surface area contributed by atoms with Crippen LogP contribution in [0.25, 0.3) is 27.6 Å². The number of alkyl halides is 2. The third-order valence-electron chi connectivity index (χ3n) is 16.6. The van der Waals surface area contributed by atoms with Crippen molar-refractivity contribution in [2.24, 2.45) is 0 Å². The van der Waals surface area contributed by atoms with Gasteiger partial charge in [0.15, 0.2) is 0 Å². The summed E-state index contributed by atoms with van der Waals surface area (Å²) in [7, 11) is -6.72. The number of nitrogens with zero attached hydrogens (tertiary/aromatic N) is 10. The van der Waals surface area contributed by atoms with Gasteiger partial charge in [0, 0.05) is 96.5 Å². The SMILES string of the molecule is CC(Cl)Cl.CC1(C)OB(C2=CC3CCC(C2)N3S(C)(=O)=O)OC1(C)C.C[C@@H]1Cc2ncnc(C3=CC4CCC(C3)N4S(C)(=O)=O)c2CN1c1cc(Cl)nc2[nH]ccc12.C[C@@H]1Cc2ncnc(Cl)c2CN1c1cc(Cl)nc2[nH]ccc12. The van der Waals surface area contributed by atoms with Crippen LogP contribution in [0.1, 0.15) is 115 Å². The van der Waals surface area contributed by atoms with E-state index in [2.05, 4.69) is 64.6 Å². The van der Waals surface area contributed by atoms with E-state index >= 15 is 0 Å². The maximum Gasteiger partial charge on any atom is 0.490 e. The number of pyridine rings is 2. The monoisotopic (exact) mass is 1230 g/mol. The van der Waals surface area contributed by atoms with E-state index in [9.17, 15) is 16.8 Å². The Morgan fingerprint density at radius 2 is 1.12 bits per heavy atom. The van der Waals surface area contributed by atoms with Gasteiger partial charge in [0.05, 0.1) is 52.2 Å². The van der Waals surface area contributed by atoms with Crippen LogP contribution >= 0.6 is 58.0 Å². The first-order valence-corrected chi connectivity index (χ1v) is 32.5. The van der Waals surface area contributed by atoms with Gasteiger partial charge in [-0.1, -0.05) is 47.0 Å². The van der Waals surface area contributed by atoms with Crippen LogP contribution in [0.15, 0.2) is 66.9 Å². The van der Waals surface area contributed by atoms with Gasteiger partial charge in [-0.25, -0.2) is 46.7 Å². The van der Waals surface area contributed by atoms with Crippen molar-refractivity contribution < 1.29 is 26.1 Å². The fourth-order valence-electron chi connectivity index (χ4n) is 12.4. The molecule has 6 aromatic heterocycles. The van der Waals surface area contributed by atoms with Crippen LogP contribution < -0.4 is 9.80 Å². The number of aromatic amines is 2. The molecule has 7 aliphatic rings. The van der Waals surface area contributed by atoms with E-state index in [1.807, 2.05) is 70.4 Å². The van der Waals surface area contributed by atoms with E-state index in [1.165, 1.54) is 18.8 Å². The molecule has 0 saturated carbocycles.